The Morgan fingerprint density at radius 3 is 2.50 bits per heavy atom. The lowest BCUT2D eigenvalue weighted by Crippen LogP contribution is -1.93. The standard InChI is InChI=1S/C11H11F2NOS/c1-7(15)16-4-2-3-9-10(12)5-8(14)6-11(9)13/h2-3,5-6H,4,14H2,1H3. The minimum Gasteiger partial charge on any atom is -0.399 e. The number of carbonyl (C=O) groups is 1. The quantitative estimate of drug-likeness (QED) is 0.830. The Morgan fingerprint density at radius 2 is 2.00 bits per heavy atom. The van der Waals surface area contributed by atoms with Crippen LogP contribution >= 0.6 is 11.8 Å². The number of benzene rings is 1. The number of hydrogen-bond acceptors (Lipinski definition) is 3. The monoisotopic (exact) mass is 243 g/mol. The van der Waals surface area contributed by atoms with Crippen molar-refractivity contribution < 1.29 is 13.6 Å². The van der Waals surface area contributed by atoms with E-state index in [1.54, 1.807) is 0 Å². The highest BCUT2D eigenvalue weighted by molar-refractivity contribution is 8.13. The van der Waals surface area contributed by atoms with Crippen molar-refractivity contribution in [2.24, 2.45) is 0 Å². The van der Waals surface area contributed by atoms with E-state index >= 15 is 0 Å². The van der Waals surface area contributed by atoms with E-state index in [4.69, 9.17) is 5.73 Å². The van der Waals surface area contributed by atoms with Gasteiger partial charge in [-0.15, -0.1) is 0 Å². The van der Waals surface area contributed by atoms with Gasteiger partial charge in [0.15, 0.2) is 5.12 Å². The van der Waals surface area contributed by atoms with Crippen LogP contribution < -0.4 is 5.73 Å². The first-order valence-corrected chi connectivity index (χ1v) is 5.53. The summed E-state index contributed by atoms with van der Waals surface area (Å²) in [6.45, 7) is 1.43. The predicted octanol–water partition coefficient (Wildman–Crippen LogP) is 2.84. The van der Waals surface area contributed by atoms with E-state index in [1.165, 1.54) is 19.1 Å². The van der Waals surface area contributed by atoms with Gasteiger partial charge in [-0.25, -0.2) is 8.78 Å². The van der Waals surface area contributed by atoms with Crippen LogP contribution in [0.4, 0.5) is 14.5 Å². The first kappa shape index (κ1) is 12.7. The van der Waals surface area contributed by atoms with Crippen LogP contribution in [0.5, 0.6) is 0 Å². The van der Waals surface area contributed by atoms with Crippen molar-refractivity contribution >= 4 is 28.6 Å². The van der Waals surface area contributed by atoms with Gasteiger partial charge in [0.05, 0.1) is 0 Å². The normalized spacial score (nSPS) is 10.9. The fraction of sp³-hybridized carbons (Fsp3) is 0.182. The van der Waals surface area contributed by atoms with Crippen LogP contribution in [0.2, 0.25) is 0 Å². The van der Waals surface area contributed by atoms with E-state index in [0.29, 0.717) is 5.75 Å². The molecule has 5 heteroatoms. The van der Waals surface area contributed by atoms with Gasteiger partial charge in [-0.1, -0.05) is 23.9 Å². The molecule has 0 aliphatic rings. The van der Waals surface area contributed by atoms with Crippen LogP contribution in [-0.2, 0) is 4.79 Å². The highest BCUT2D eigenvalue weighted by atomic mass is 32.2. The smallest absolute Gasteiger partial charge is 0.186 e. The molecule has 1 aromatic carbocycles. The Morgan fingerprint density at radius 1 is 1.44 bits per heavy atom. The van der Waals surface area contributed by atoms with E-state index in [9.17, 15) is 13.6 Å². The van der Waals surface area contributed by atoms with Crippen molar-refractivity contribution in [3.05, 3.63) is 35.4 Å². The van der Waals surface area contributed by atoms with Crippen LogP contribution in [0.3, 0.4) is 0 Å². The summed E-state index contributed by atoms with van der Waals surface area (Å²) in [5, 5.41) is -0.0390. The Kier molecular flexibility index (Phi) is 4.49. The van der Waals surface area contributed by atoms with Crippen molar-refractivity contribution in [3.8, 4) is 0 Å². The van der Waals surface area contributed by atoms with Gasteiger partial charge in [0.1, 0.15) is 11.6 Å². The maximum atomic E-state index is 13.3. The van der Waals surface area contributed by atoms with Gasteiger partial charge < -0.3 is 5.73 Å². The second-order valence-electron chi connectivity index (χ2n) is 3.10. The Labute approximate surface area is 96.5 Å². The highest BCUT2D eigenvalue weighted by Crippen LogP contribution is 2.18. The molecule has 0 atom stereocenters. The fourth-order valence-corrected chi connectivity index (χ4v) is 1.52. The van der Waals surface area contributed by atoms with E-state index in [1.807, 2.05) is 0 Å². The van der Waals surface area contributed by atoms with Crippen molar-refractivity contribution in [2.75, 3.05) is 11.5 Å². The molecule has 1 rings (SSSR count). The van der Waals surface area contributed by atoms with Crippen molar-refractivity contribution in [2.45, 2.75) is 6.92 Å². The van der Waals surface area contributed by atoms with E-state index < -0.39 is 11.6 Å². The summed E-state index contributed by atoms with van der Waals surface area (Å²) in [7, 11) is 0. The zero-order valence-electron chi connectivity index (χ0n) is 8.67. The molecule has 0 amide bonds. The molecule has 2 N–H and O–H groups in total. The number of halogens is 2. The van der Waals surface area contributed by atoms with E-state index in [0.717, 1.165) is 23.9 Å². The summed E-state index contributed by atoms with van der Waals surface area (Å²) in [5.74, 6) is -1.03. The summed E-state index contributed by atoms with van der Waals surface area (Å²) in [6, 6.07) is 2.11. The fourth-order valence-electron chi connectivity index (χ4n) is 1.09. The molecule has 0 aromatic heterocycles. The number of thioether (sulfide) groups is 1. The van der Waals surface area contributed by atoms with Crippen LogP contribution in [0.25, 0.3) is 6.08 Å². The van der Waals surface area contributed by atoms with Crippen LogP contribution in [0.15, 0.2) is 18.2 Å². The zero-order valence-corrected chi connectivity index (χ0v) is 9.48. The molecule has 0 unspecified atom stereocenters. The van der Waals surface area contributed by atoms with Crippen molar-refractivity contribution in [1.29, 1.82) is 0 Å². The summed E-state index contributed by atoms with van der Waals surface area (Å²) in [5.41, 5.74) is 5.18. The highest BCUT2D eigenvalue weighted by Gasteiger charge is 2.06. The molecule has 0 aliphatic carbocycles. The molecule has 0 bridgehead atoms. The van der Waals surface area contributed by atoms with Crippen LogP contribution in [-0.4, -0.2) is 10.9 Å². The van der Waals surface area contributed by atoms with Crippen molar-refractivity contribution in [3.63, 3.8) is 0 Å². The molecule has 1 aromatic rings. The average Bonchev–Trinajstić information content (AvgIpc) is 2.14. The first-order valence-electron chi connectivity index (χ1n) is 4.55. The number of anilines is 1. The topological polar surface area (TPSA) is 43.1 Å². The third kappa shape index (κ3) is 3.66. The molecule has 0 fully saturated rings. The molecule has 2 nitrogen and oxygen atoms in total. The summed E-state index contributed by atoms with van der Waals surface area (Å²) in [6.07, 6.45) is 2.84. The maximum absolute atomic E-state index is 13.3. The number of rotatable bonds is 3. The molecular formula is C11H11F2NOS. The Hall–Kier alpha value is -1.36. The lowest BCUT2D eigenvalue weighted by Gasteiger charge is -2.01. The number of carbonyl (C=O) groups excluding carboxylic acids is 1. The average molecular weight is 243 g/mol. The second kappa shape index (κ2) is 5.65. The Bertz CT molecular complexity index is 409. The molecule has 86 valence electrons. The number of hydrogen-bond donors (Lipinski definition) is 1. The molecule has 0 aliphatic heterocycles. The predicted molar refractivity (Wildman–Crippen MR) is 62.9 cm³/mol. The number of nitrogen functional groups attached to an aromatic ring is 1. The zero-order chi connectivity index (χ0) is 12.1. The lowest BCUT2D eigenvalue weighted by atomic mass is 10.1. The molecule has 0 spiro atoms. The van der Waals surface area contributed by atoms with Gasteiger partial charge in [0, 0.05) is 23.9 Å². The first-order chi connectivity index (χ1) is 7.50. The SMILES string of the molecule is CC(=O)SCC=Cc1c(F)cc(N)cc1F. The molecule has 0 heterocycles. The van der Waals surface area contributed by atoms with E-state index in [-0.39, 0.29) is 16.4 Å². The molecule has 16 heavy (non-hydrogen) atoms. The lowest BCUT2D eigenvalue weighted by molar-refractivity contribution is -0.109. The maximum Gasteiger partial charge on any atom is 0.186 e. The molecule has 0 saturated carbocycles. The molecule has 0 radical (unpaired) electrons. The Balaban J connectivity index is 2.77. The summed E-state index contributed by atoms with van der Waals surface area (Å²) >= 11 is 1.07. The largest absolute Gasteiger partial charge is 0.399 e. The third-order valence-corrected chi connectivity index (χ3v) is 2.53. The van der Waals surface area contributed by atoms with E-state index in [2.05, 4.69) is 0 Å². The van der Waals surface area contributed by atoms with Gasteiger partial charge in [-0.3, -0.25) is 4.79 Å². The molecule has 0 saturated heterocycles. The minimum absolute atomic E-state index is 0.0390. The minimum atomic E-state index is -0.707. The second-order valence-corrected chi connectivity index (χ2v) is 4.30. The van der Waals surface area contributed by atoms with Gasteiger partial charge >= 0.3 is 0 Å². The van der Waals surface area contributed by atoms with Crippen LogP contribution in [0.1, 0.15) is 12.5 Å². The third-order valence-electron chi connectivity index (χ3n) is 1.77. The summed E-state index contributed by atoms with van der Waals surface area (Å²) < 4.78 is 26.5. The van der Waals surface area contributed by atoms with Crippen molar-refractivity contribution in [1.82, 2.24) is 0 Å². The van der Waals surface area contributed by atoms with Crippen LogP contribution in [0, 0.1) is 11.6 Å². The van der Waals surface area contributed by atoms with Gasteiger partial charge in [-0.05, 0) is 12.1 Å². The molecular weight excluding hydrogens is 232 g/mol. The summed E-state index contributed by atoms with van der Waals surface area (Å²) in [4.78, 5) is 10.6. The van der Waals surface area contributed by atoms with Gasteiger partial charge in [0.2, 0.25) is 0 Å². The van der Waals surface area contributed by atoms with Gasteiger partial charge in [-0.2, -0.15) is 0 Å². The van der Waals surface area contributed by atoms with Gasteiger partial charge in [0.25, 0.3) is 0 Å². The number of nitrogens with two attached hydrogens (primary N) is 1.